The SMILES string of the molecule is CCNC(=NCCOCc1ccccc1)NC1CCN(c2ccccn2)CC1. The molecule has 1 aromatic heterocycles. The largest absolute Gasteiger partial charge is 0.375 e. The Morgan fingerprint density at radius 1 is 1.14 bits per heavy atom. The molecule has 6 nitrogen and oxygen atoms in total. The fourth-order valence-corrected chi connectivity index (χ4v) is 3.29. The van der Waals surface area contributed by atoms with Gasteiger partial charge in [0.1, 0.15) is 5.82 Å². The average molecular weight is 382 g/mol. The van der Waals surface area contributed by atoms with E-state index in [4.69, 9.17) is 4.74 Å². The van der Waals surface area contributed by atoms with E-state index in [1.807, 2.05) is 36.5 Å². The summed E-state index contributed by atoms with van der Waals surface area (Å²) in [5.41, 5.74) is 1.19. The number of nitrogens with one attached hydrogen (secondary N) is 2. The molecule has 0 spiro atoms. The maximum Gasteiger partial charge on any atom is 0.191 e. The molecule has 0 atom stereocenters. The zero-order chi connectivity index (χ0) is 19.4. The zero-order valence-corrected chi connectivity index (χ0v) is 16.7. The molecular weight excluding hydrogens is 350 g/mol. The van der Waals surface area contributed by atoms with Gasteiger partial charge in [-0.3, -0.25) is 4.99 Å². The number of piperidine rings is 1. The first kappa shape index (κ1) is 20.1. The van der Waals surface area contributed by atoms with Gasteiger partial charge in [-0.1, -0.05) is 36.4 Å². The molecule has 2 N–H and O–H groups in total. The smallest absolute Gasteiger partial charge is 0.191 e. The molecule has 0 unspecified atom stereocenters. The summed E-state index contributed by atoms with van der Waals surface area (Å²) in [7, 11) is 0. The monoisotopic (exact) mass is 381 g/mol. The van der Waals surface area contributed by atoms with Gasteiger partial charge in [0.15, 0.2) is 5.96 Å². The van der Waals surface area contributed by atoms with Crippen LogP contribution in [0.2, 0.25) is 0 Å². The van der Waals surface area contributed by atoms with Gasteiger partial charge in [-0.15, -0.1) is 0 Å². The van der Waals surface area contributed by atoms with Gasteiger partial charge in [-0.25, -0.2) is 4.98 Å². The molecule has 1 fully saturated rings. The molecule has 1 saturated heterocycles. The minimum absolute atomic E-state index is 0.433. The van der Waals surface area contributed by atoms with Crippen LogP contribution in [0.25, 0.3) is 0 Å². The van der Waals surface area contributed by atoms with Crippen LogP contribution in [0.15, 0.2) is 59.7 Å². The number of guanidine groups is 1. The van der Waals surface area contributed by atoms with E-state index in [0.29, 0.717) is 25.8 Å². The number of aliphatic imine (C=N–C) groups is 1. The third-order valence-electron chi connectivity index (χ3n) is 4.77. The molecule has 6 heteroatoms. The van der Waals surface area contributed by atoms with Crippen LogP contribution in [-0.4, -0.2) is 49.8 Å². The number of nitrogens with zero attached hydrogens (tertiary/aromatic N) is 3. The predicted molar refractivity (Wildman–Crippen MR) is 115 cm³/mol. The highest BCUT2D eigenvalue weighted by atomic mass is 16.5. The highest BCUT2D eigenvalue weighted by molar-refractivity contribution is 5.80. The molecule has 0 saturated carbocycles. The van der Waals surface area contributed by atoms with Crippen LogP contribution in [-0.2, 0) is 11.3 Å². The molecular formula is C22H31N5O. The van der Waals surface area contributed by atoms with Crippen LogP contribution < -0.4 is 15.5 Å². The number of aromatic nitrogens is 1. The summed E-state index contributed by atoms with van der Waals surface area (Å²) < 4.78 is 5.73. The Balaban J connectivity index is 1.39. The van der Waals surface area contributed by atoms with E-state index in [2.05, 4.69) is 50.6 Å². The number of hydrogen-bond donors (Lipinski definition) is 2. The van der Waals surface area contributed by atoms with Crippen molar-refractivity contribution in [1.82, 2.24) is 15.6 Å². The van der Waals surface area contributed by atoms with Crippen LogP contribution in [0.4, 0.5) is 5.82 Å². The standard InChI is InChI=1S/C22H31N5O/c1-2-23-22(25-14-17-28-18-19-8-4-3-5-9-19)26-20-11-15-27(16-12-20)21-10-6-7-13-24-21/h3-10,13,20H,2,11-12,14-18H2,1H3,(H2,23,25,26). The molecule has 3 rings (SSSR count). The van der Waals surface area contributed by atoms with Crippen molar-refractivity contribution in [3.63, 3.8) is 0 Å². The van der Waals surface area contributed by atoms with Crippen LogP contribution in [0, 0.1) is 0 Å². The van der Waals surface area contributed by atoms with Gasteiger partial charge in [-0.2, -0.15) is 0 Å². The Morgan fingerprint density at radius 2 is 1.93 bits per heavy atom. The molecule has 2 aromatic rings. The van der Waals surface area contributed by atoms with Crippen molar-refractivity contribution in [2.75, 3.05) is 37.7 Å². The van der Waals surface area contributed by atoms with E-state index in [9.17, 15) is 0 Å². The van der Waals surface area contributed by atoms with E-state index in [-0.39, 0.29) is 0 Å². The molecule has 1 aliphatic rings. The van der Waals surface area contributed by atoms with Crippen LogP contribution >= 0.6 is 0 Å². The average Bonchev–Trinajstić information content (AvgIpc) is 2.75. The number of pyridine rings is 1. The van der Waals surface area contributed by atoms with Crippen LogP contribution in [0.5, 0.6) is 0 Å². The van der Waals surface area contributed by atoms with E-state index in [1.165, 1.54) is 5.56 Å². The second-order valence-corrected chi connectivity index (χ2v) is 6.89. The summed E-state index contributed by atoms with van der Waals surface area (Å²) >= 11 is 0. The highest BCUT2D eigenvalue weighted by Crippen LogP contribution is 2.17. The minimum Gasteiger partial charge on any atom is -0.375 e. The van der Waals surface area contributed by atoms with Gasteiger partial charge >= 0.3 is 0 Å². The lowest BCUT2D eigenvalue weighted by Gasteiger charge is -2.33. The Kier molecular flexibility index (Phi) is 8.12. The number of anilines is 1. The van der Waals surface area contributed by atoms with E-state index in [0.717, 1.165) is 44.3 Å². The maximum absolute atomic E-state index is 5.73. The lowest BCUT2D eigenvalue weighted by molar-refractivity contribution is 0.128. The number of benzene rings is 1. The normalized spacial score (nSPS) is 15.5. The van der Waals surface area contributed by atoms with Crippen molar-refractivity contribution >= 4 is 11.8 Å². The Morgan fingerprint density at radius 3 is 2.64 bits per heavy atom. The second kappa shape index (κ2) is 11.3. The van der Waals surface area contributed by atoms with Gasteiger partial charge < -0.3 is 20.3 Å². The summed E-state index contributed by atoms with van der Waals surface area (Å²) in [6.45, 7) is 6.85. The summed E-state index contributed by atoms with van der Waals surface area (Å²) in [5.74, 6) is 1.94. The summed E-state index contributed by atoms with van der Waals surface area (Å²) in [6, 6.07) is 16.7. The topological polar surface area (TPSA) is 61.8 Å². The summed E-state index contributed by atoms with van der Waals surface area (Å²) in [4.78, 5) is 11.5. The second-order valence-electron chi connectivity index (χ2n) is 6.89. The first-order valence-electron chi connectivity index (χ1n) is 10.2. The molecule has 0 aliphatic carbocycles. The molecule has 2 heterocycles. The van der Waals surface area contributed by atoms with Gasteiger partial charge in [0.25, 0.3) is 0 Å². The first-order valence-corrected chi connectivity index (χ1v) is 10.2. The Hall–Kier alpha value is -2.60. The fraction of sp³-hybridized carbons (Fsp3) is 0.455. The molecule has 1 aliphatic heterocycles. The Labute approximate surface area is 168 Å². The van der Waals surface area contributed by atoms with Gasteiger partial charge in [0, 0.05) is 31.9 Å². The lowest BCUT2D eigenvalue weighted by Crippen LogP contribution is -2.49. The number of ether oxygens (including phenoxy) is 1. The van der Waals surface area contributed by atoms with Crippen molar-refractivity contribution in [3.8, 4) is 0 Å². The van der Waals surface area contributed by atoms with Gasteiger partial charge in [0.05, 0.1) is 19.8 Å². The molecule has 1 aromatic carbocycles. The van der Waals surface area contributed by atoms with Gasteiger partial charge in [0.2, 0.25) is 0 Å². The van der Waals surface area contributed by atoms with Crippen molar-refractivity contribution in [3.05, 3.63) is 60.3 Å². The molecule has 0 amide bonds. The maximum atomic E-state index is 5.73. The van der Waals surface area contributed by atoms with Crippen molar-refractivity contribution in [2.45, 2.75) is 32.4 Å². The minimum atomic E-state index is 0.433. The highest BCUT2D eigenvalue weighted by Gasteiger charge is 2.20. The molecule has 0 radical (unpaired) electrons. The van der Waals surface area contributed by atoms with E-state index >= 15 is 0 Å². The third kappa shape index (κ3) is 6.53. The fourth-order valence-electron chi connectivity index (χ4n) is 3.29. The lowest BCUT2D eigenvalue weighted by atomic mass is 10.1. The van der Waals surface area contributed by atoms with E-state index < -0.39 is 0 Å². The van der Waals surface area contributed by atoms with Crippen LogP contribution in [0.1, 0.15) is 25.3 Å². The summed E-state index contributed by atoms with van der Waals surface area (Å²) in [5, 5.41) is 6.91. The quantitative estimate of drug-likeness (QED) is 0.418. The van der Waals surface area contributed by atoms with Crippen molar-refractivity contribution < 1.29 is 4.74 Å². The summed E-state index contributed by atoms with van der Waals surface area (Å²) in [6.07, 6.45) is 4.01. The molecule has 28 heavy (non-hydrogen) atoms. The van der Waals surface area contributed by atoms with Crippen molar-refractivity contribution in [1.29, 1.82) is 0 Å². The predicted octanol–water partition coefficient (Wildman–Crippen LogP) is 2.82. The molecule has 0 bridgehead atoms. The Bertz CT molecular complexity index is 699. The number of rotatable bonds is 8. The first-order chi connectivity index (χ1) is 13.8. The van der Waals surface area contributed by atoms with Crippen molar-refractivity contribution in [2.24, 2.45) is 4.99 Å². The number of hydrogen-bond acceptors (Lipinski definition) is 4. The third-order valence-corrected chi connectivity index (χ3v) is 4.77. The van der Waals surface area contributed by atoms with Crippen LogP contribution in [0.3, 0.4) is 0 Å². The van der Waals surface area contributed by atoms with E-state index in [1.54, 1.807) is 0 Å². The molecule has 150 valence electrons. The van der Waals surface area contributed by atoms with Gasteiger partial charge in [-0.05, 0) is 37.5 Å². The zero-order valence-electron chi connectivity index (χ0n) is 16.7.